The molecule has 2 rings (SSSR count). The van der Waals surface area contributed by atoms with E-state index in [-0.39, 0.29) is 11.9 Å². The number of nitrogens with zero attached hydrogens (tertiary/aromatic N) is 2. The molecule has 0 bridgehead atoms. The summed E-state index contributed by atoms with van der Waals surface area (Å²) in [6.07, 6.45) is 6.05. The highest BCUT2D eigenvalue weighted by molar-refractivity contribution is 7.11. The normalized spacial score (nSPS) is 11.9. The Kier molecular flexibility index (Phi) is 4.68. The van der Waals surface area contributed by atoms with Gasteiger partial charge in [-0.1, -0.05) is 6.92 Å². The predicted octanol–water partition coefficient (Wildman–Crippen LogP) is 2.63. The lowest BCUT2D eigenvalue weighted by Crippen LogP contribution is -2.27. The van der Waals surface area contributed by atoms with Gasteiger partial charge in [0.05, 0.1) is 11.6 Å². The van der Waals surface area contributed by atoms with Gasteiger partial charge in [0.2, 0.25) is 0 Å². The molecule has 20 heavy (non-hydrogen) atoms. The molecule has 1 amide bonds. The van der Waals surface area contributed by atoms with Gasteiger partial charge in [-0.25, -0.2) is 4.98 Å². The first-order chi connectivity index (χ1) is 9.65. The molecule has 0 aliphatic rings. The second-order valence-corrected chi connectivity index (χ2v) is 5.53. The lowest BCUT2D eigenvalue weighted by Gasteiger charge is -2.13. The molecule has 0 fully saturated rings. The Morgan fingerprint density at radius 3 is 2.90 bits per heavy atom. The molecule has 2 aromatic rings. The van der Waals surface area contributed by atoms with Gasteiger partial charge in [-0.05, 0) is 19.4 Å². The van der Waals surface area contributed by atoms with E-state index in [0.717, 1.165) is 17.1 Å². The number of nitrogens with one attached hydrogen (secondary N) is 2. The maximum absolute atomic E-state index is 12.3. The van der Waals surface area contributed by atoms with E-state index in [1.807, 2.05) is 13.1 Å². The number of aryl methyl sites for hydroxylation is 1. The fourth-order valence-corrected chi connectivity index (χ4v) is 2.68. The molecule has 0 radical (unpaired) electrons. The molecule has 0 spiro atoms. The summed E-state index contributed by atoms with van der Waals surface area (Å²) in [5.74, 6) is -0.150. The number of hydrogen-bond donors (Lipinski definition) is 2. The number of aromatic nitrogens is 2. The van der Waals surface area contributed by atoms with Crippen LogP contribution in [0.15, 0.2) is 24.7 Å². The molecule has 1 unspecified atom stereocenters. The molecular formula is C14H18N4OS. The molecule has 5 nitrogen and oxygen atoms in total. The minimum Gasteiger partial charge on any atom is -0.387 e. The Hall–Kier alpha value is -1.95. The maximum Gasteiger partial charge on any atom is 0.255 e. The van der Waals surface area contributed by atoms with Crippen molar-refractivity contribution in [3.8, 4) is 0 Å². The molecule has 0 saturated carbocycles. The SMILES string of the molecule is CCc1cnc(C(C)NC(=O)c2cnccc2NC)s1. The van der Waals surface area contributed by atoms with Gasteiger partial charge in [-0.15, -0.1) is 11.3 Å². The van der Waals surface area contributed by atoms with E-state index < -0.39 is 0 Å². The first-order valence-electron chi connectivity index (χ1n) is 6.53. The van der Waals surface area contributed by atoms with E-state index >= 15 is 0 Å². The van der Waals surface area contributed by atoms with Crippen LogP contribution >= 0.6 is 11.3 Å². The average molecular weight is 290 g/mol. The van der Waals surface area contributed by atoms with Gasteiger partial charge in [0.1, 0.15) is 5.01 Å². The van der Waals surface area contributed by atoms with Crippen molar-refractivity contribution in [3.63, 3.8) is 0 Å². The first-order valence-corrected chi connectivity index (χ1v) is 7.34. The topological polar surface area (TPSA) is 66.9 Å². The summed E-state index contributed by atoms with van der Waals surface area (Å²) in [7, 11) is 1.78. The van der Waals surface area contributed by atoms with Crippen LogP contribution in [0.2, 0.25) is 0 Å². The number of pyridine rings is 1. The third-order valence-electron chi connectivity index (χ3n) is 2.97. The number of carbonyl (C=O) groups excluding carboxylic acids is 1. The van der Waals surface area contributed by atoms with E-state index in [2.05, 4.69) is 27.5 Å². The van der Waals surface area contributed by atoms with Crippen molar-refractivity contribution in [2.24, 2.45) is 0 Å². The molecule has 0 aliphatic heterocycles. The minimum atomic E-state index is -0.150. The fourth-order valence-electron chi connectivity index (χ4n) is 1.82. The Labute approximate surface area is 122 Å². The number of hydrogen-bond acceptors (Lipinski definition) is 5. The predicted molar refractivity (Wildman–Crippen MR) is 81.2 cm³/mol. The molecule has 0 saturated heterocycles. The highest BCUT2D eigenvalue weighted by atomic mass is 32.1. The quantitative estimate of drug-likeness (QED) is 0.888. The molecular weight excluding hydrogens is 272 g/mol. The van der Waals surface area contributed by atoms with Crippen molar-refractivity contribution < 1.29 is 4.79 Å². The summed E-state index contributed by atoms with van der Waals surface area (Å²) in [5, 5.41) is 6.86. The highest BCUT2D eigenvalue weighted by Crippen LogP contribution is 2.21. The maximum atomic E-state index is 12.3. The van der Waals surface area contributed by atoms with E-state index in [4.69, 9.17) is 0 Å². The lowest BCUT2D eigenvalue weighted by atomic mass is 10.2. The standard InChI is InChI=1S/C14H18N4OS/c1-4-10-7-17-14(20-10)9(2)18-13(19)11-8-16-6-5-12(11)15-3/h5-9H,4H2,1-3H3,(H,15,16)(H,18,19). The van der Waals surface area contributed by atoms with Gasteiger partial charge in [0.15, 0.2) is 0 Å². The fraction of sp³-hybridized carbons (Fsp3) is 0.357. The number of anilines is 1. The van der Waals surface area contributed by atoms with Crippen molar-refractivity contribution in [1.82, 2.24) is 15.3 Å². The van der Waals surface area contributed by atoms with E-state index in [9.17, 15) is 4.79 Å². The molecule has 6 heteroatoms. The van der Waals surface area contributed by atoms with Gasteiger partial charge in [-0.3, -0.25) is 9.78 Å². The Balaban J connectivity index is 2.10. The number of thiazole rings is 1. The molecule has 106 valence electrons. The summed E-state index contributed by atoms with van der Waals surface area (Å²) < 4.78 is 0. The molecule has 2 N–H and O–H groups in total. The zero-order valence-electron chi connectivity index (χ0n) is 11.8. The van der Waals surface area contributed by atoms with Crippen LogP contribution in [0.3, 0.4) is 0 Å². The lowest BCUT2D eigenvalue weighted by molar-refractivity contribution is 0.0940. The number of carbonyl (C=O) groups is 1. The van der Waals surface area contributed by atoms with E-state index in [0.29, 0.717) is 5.56 Å². The largest absolute Gasteiger partial charge is 0.387 e. The van der Waals surface area contributed by atoms with Crippen LogP contribution in [-0.2, 0) is 6.42 Å². The molecule has 2 aromatic heterocycles. The average Bonchev–Trinajstić information content (AvgIpc) is 2.96. The summed E-state index contributed by atoms with van der Waals surface area (Å²) in [6.45, 7) is 4.03. The zero-order chi connectivity index (χ0) is 14.5. The van der Waals surface area contributed by atoms with Crippen molar-refractivity contribution >= 4 is 22.9 Å². The van der Waals surface area contributed by atoms with Gasteiger partial charge in [-0.2, -0.15) is 0 Å². The summed E-state index contributed by atoms with van der Waals surface area (Å²) in [4.78, 5) is 21.8. The molecule has 0 aromatic carbocycles. The third-order valence-corrected chi connectivity index (χ3v) is 4.30. The van der Waals surface area contributed by atoms with Crippen LogP contribution in [0.25, 0.3) is 0 Å². The second kappa shape index (κ2) is 6.47. The van der Waals surface area contributed by atoms with Crippen molar-refractivity contribution in [1.29, 1.82) is 0 Å². The van der Waals surface area contributed by atoms with E-state index in [1.54, 1.807) is 36.8 Å². The summed E-state index contributed by atoms with van der Waals surface area (Å²) in [6, 6.07) is 1.66. The smallest absolute Gasteiger partial charge is 0.255 e. The molecule has 2 heterocycles. The first kappa shape index (κ1) is 14.5. The Bertz CT molecular complexity index is 596. The van der Waals surface area contributed by atoms with Crippen LogP contribution in [0.1, 0.15) is 40.1 Å². The van der Waals surface area contributed by atoms with Crippen molar-refractivity contribution in [3.05, 3.63) is 40.1 Å². The van der Waals surface area contributed by atoms with Crippen LogP contribution in [-0.4, -0.2) is 22.9 Å². The second-order valence-electron chi connectivity index (χ2n) is 4.38. The van der Waals surface area contributed by atoms with Crippen LogP contribution in [0.4, 0.5) is 5.69 Å². The van der Waals surface area contributed by atoms with Crippen LogP contribution < -0.4 is 10.6 Å². The Morgan fingerprint density at radius 2 is 2.25 bits per heavy atom. The molecule has 0 aliphatic carbocycles. The van der Waals surface area contributed by atoms with Crippen molar-refractivity contribution in [2.45, 2.75) is 26.3 Å². The van der Waals surface area contributed by atoms with Gasteiger partial charge in [0, 0.05) is 36.2 Å². The Morgan fingerprint density at radius 1 is 1.45 bits per heavy atom. The van der Waals surface area contributed by atoms with Gasteiger partial charge in [0.25, 0.3) is 5.91 Å². The van der Waals surface area contributed by atoms with Crippen molar-refractivity contribution in [2.75, 3.05) is 12.4 Å². The zero-order valence-corrected chi connectivity index (χ0v) is 12.6. The third kappa shape index (κ3) is 3.14. The number of rotatable bonds is 5. The van der Waals surface area contributed by atoms with Crippen LogP contribution in [0, 0.1) is 0 Å². The highest BCUT2D eigenvalue weighted by Gasteiger charge is 2.16. The summed E-state index contributed by atoms with van der Waals surface area (Å²) in [5.41, 5.74) is 1.30. The monoisotopic (exact) mass is 290 g/mol. The van der Waals surface area contributed by atoms with Gasteiger partial charge >= 0.3 is 0 Å². The van der Waals surface area contributed by atoms with Gasteiger partial charge < -0.3 is 10.6 Å². The van der Waals surface area contributed by atoms with E-state index in [1.165, 1.54) is 4.88 Å². The number of amides is 1. The molecule has 1 atom stereocenters. The van der Waals surface area contributed by atoms with Crippen LogP contribution in [0.5, 0.6) is 0 Å². The summed E-state index contributed by atoms with van der Waals surface area (Å²) >= 11 is 1.63. The minimum absolute atomic E-state index is 0.113.